The number of nitrogens with zero attached hydrogens (tertiary/aromatic N) is 5. The smallest absolute Gasteiger partial charge is 0.282 e. The molecule has 0 bridgehead atoms. The van der Waals surface area contributed by atoms with Crippen LogP contribution in [-0.4, -0.2) is 38.8 Å². The van der Waals surface area contributed by atoms with Crippen molar-refractivity contribution in [2.45, 2.75) is 13.0 Å². The first-order chi connectivity index (χ1) is 22.5. The highest BCUT2D eigenvalue weighted by Gasteiger charge is 2.33. The van der Waals surface area contributed by atoms with E-state index in [4.69, 9.17) is 19.7 Å². The number of carbonyl (C=O) groups is 1. The highest BCUT2D eigenvalue weighted by Crippen LogP contribution is 2.32. The highest BCUT2D eigenvalue weighted by molar-refractivity contribution is 6.10. The van der Waals surface area contributed by atoms with Crippen molar-refractivity contribution in [2.75, 3.05) is 14.2 Å². The fraction of sp³-hybridized carbons (Fsp3) is 0.111. The Balaban J connectivity index is 1.55. The zero-order valence-corrected chi connectivity index (χ0v) is 25.4. The highest BCUT2D eigenvalue weighted by atomic mass is 16.5. The molecule has 0 fully saturated rings. The molecule has 1 aliphatic rings. The number of methoxy groups -OCH3 is 2. The molecule has 10 heteroatoms. The fourth-order valence-corrected chi connectivity index (χ4v) is 5.76. The third kappa shape index (κ3) is 4.86. The number of allylic oxidation sites excluding steroid dienone is 2. The Morgan fingerprint density at radius 1 is 0.826 bits per heavy atom. The summed E-state index contributed by atoms with van der Waals surface area (Å²) in [5.41, 5.74) is 7.00. The third-order valence-electron chi connectivity index (χ3n) is 8.06. The number of hydrogen-bond donors (Lipinski definition) is 1. The molecule has 0 saturated heterocycles. The van der Waals surface area contributed by atoms with Gasteiger partial charge in [0, 0.05) is 16.8 Å². The molecule has 0 amide bonds. The minimum atomic E-state index is -0.694. The van der Waals surface area contributed by atoms with Gasteiger partial charge in [0.1, 0.15) is 22.9 Å². The van der Waals surface area contributed by atoms with Crippen molar-refractivity contribution < 1.29 is 14.3 Å². The first-order valence-electron chi connectivity index (χ1n) is 14.7. The SMILES string of the molecule is COc1ccc(/C=c2\c(=O)n(-c3ccccc3)c3nn4c(n23)=NNC(C)=C(C(=O)c2ccccc2)C4c2ccc(OC)cc2)cc1. The maximum Gasteiger partial charge on any atom is 0.282 e. The Morgan fingerprint density at radius 2 is 1.43 bits per heavy atom. The minimum Gasteiger partial charge on any atom is -0.497 e. The minimum absolute atomic E-state index is 0.167. The second-order valence-corrected chi connectivity index (χ2v) is 10.8. The van der Waals surface area contributed by atoms with E-state index < -0.39 is 6.04 Å². The van der Waals surface area contributed by atoms with Crippen LogP contribution in [0.5, 0.6) is 11.5 Å². The van der Waals surface area contributed by atoms with E-state index >= 15 is 0 Å². The Morgan fingerprint density at radius 3 is 2.07 bits per heavy atom. The van der Waals surface area contributed by atoms with E-state index in [1.54, 1.807) is 46.1 Å². The molecule has 1 N–H and O–H groups in total. The van der Waals surface area contributed by atoms with Crippen LogP contribution >= 0.6 is 0 Å². The molecule has 1 aliphatic heterocycles. The standard InChI is InChI=1S/C36H30N6O4/c1-23-31(33(43)26-10-6-4-7-11-26)32(25-16-20-29(46-3)21-17-25)42-35(38-37-23)41-30(22-24-14-18-28(45-2)19-15-24)34(44)40(36(41)39-42)27-12-8-5-9-13-27/h4-22,32,37H,1-3H3/b30-22+. The van der Waals surface area contributed by atoms with Crippen LogP contribution in [0.1, 0.15) is 34.5 Å². The summed E-state index contributed by atoms with van der Waals surface area (Å²) >= 11 is 0. The summed E-state index contributed by atoms with van der Waals surface area (Å²) in [4.78, 5) is 28.4. The van der Waals surface area contributed by atoms with Gasteiger partial charge >= 0.3 is 0 Å². The van der Waals surface area contributed by atoms with Gasteiger partial charge in [-0.3, -0.25) is 15.0 Å². The van der Waals surface area contributed by atoms with Gasteiger partial charge in [-0.05, 0) is 60.5 Å². The number of rotatable bonds is 7. The van der Waals surface area contributed by atoms with Crippen molar-refractivity contribution in [3.05, 3.63) is 158 Å². The summed E-state index contributed by atoms with van der Waals surface area (Å²) in [6, 6.07) is 32.7. The maximum atomic E-state index is 14.3. The van der Waals surface area contributed by atoms with E-state index in [-0.39, 0.29) is 11.3 Å². The molecule has 0 spiro atoms. The van der Waals surface area contributed by atoms with Gasteiger partial charge in [-0.25, -0.2) is 13.6 Å². The average molecular weight is 611 g/mol. The number of imidazole rings is 1. The lowest BCUT2D eigenvalue weighted by Crippen LogP contribution is -2.38. The molecule has 228 valence electrons. The summed E-state index contributed by atoms with van der Waals surface area (Å²) in [5, 5.41) is 10.2. The predicted molar refractivity (Wildman–Crippen MR) is 174 cm³/mol. The topological polar surface area (TPSA) is 104 Å². The number of ether oxygens (including phenoxy) is 2. The lowest BCUT2D eigenvalue weighted by molar-refractivity contribution is 0.102. The number of para-hydroxylation sites is 1. The van der Waals surface area contributed by atoms with Crippen LogP contribution < -0.4 is 31.4 Å². The lowest BCUT2D eigenvalue weighted by Gasteiger charge is -2.21. The van der Waals surface area contributed by atoms with Crippen LogP contribution in [-0.2, 0) is 0 Å². The van der Waals surface area contributed by atoms with Crippen molar-refractivity contribution in [2.24, 2.45) is 5.10 Å². The molecule has 7 rings (SSSR count). The molecule has 1 unspecified atom stereocenters. The van der Waals surface area contributed by atoms with Gasteiger partial charge in [-0.2, -0.15) is 0 Å². The molecule has 10 nitrogen and oxygen atoms in total. The summed E-state index contributed by atoms with van der Waals surface area (Å²) in [5.74, 6) is 1.57. The number of nitrogens with one attached hydrogen (secondary N) is 1. The number of carbonyl (C=O) groups excluding carboxylic acids is 1. The second kappa shape index (κ2) is 11.7. The first kappa shape index (κ1) is 28.6. The largest absolute Gasteiger partial charge is 0.497 e. The van der Waals surface area contributed by atoms with Gasteiger partial charge in [0.15, 0.2) is 5.78 Å². The van der Waals surface area contributed by atoms with Crippen LogP contribution in [0, 0.1) is 0 Å². The number of ketones is 1. The molecule has 0 aliphatic carbocycles. The molecule has 6 aromatic rings. The van der Waals surface area contributed by atoms with Crippen molar-refractivity contribution in [3.63, 3.8) is 0 Å². The molecule has 0 radical (unpaired) electrons. The van der Waals surface area contributed by atoms with E-state index in [0.717, 1.165) is 11.1 Å². The summed E-state index contributed by atoms with van der Waals surface area (Å²) in [6.45, 7) is 1.82. The van der Waals surface area contributed by atoms with E-state index in [0.29, 0.717) is 50.8 Å². The van der Waals surface area contributed by atoms with Crippen LogP contribution in [0.4, 0.5) is 0 Å². The number of aromatic nitrogens is 4. The number of Topliss-reactive ketones (excluding diaryl/α,β-unsaturated/α-hetero) is 1. The van der Waals surface area contributed by atoms with E-state index in [9.17, 15) is 9.59 Å². The zero-order chi connectivity index (χ0) is 31.8. The fourth-order valence-electron chi connectivity index (χ4n) is 5.76. The lowest BCUT2D eigenvalue weighted by atomic mass is 9.91. The molecule has 3 heterocycles. The zero-order valence-electron chi connectivity index (χ0n) is 25.4. The molecule has 0 saturated carbocycles. The molecule has 2 aromatic heterocycles. The average Bonchev–Trinajstić information content (AvgIpc) is 3.54. The quantitative estimate of drug-likeness (QED) is 0.274. The van der Waals surface area contributed by atoms with Gasteiger partial charge in [-0.1, -0.05) is 72.8 Å². The molecule has 46 heavy (non-hydrogen) atoms. The van der Waals surface area contributed by atoms with Crippen molar-refractivity contribution >= 4 is 17.6 Å². The maximum absolute atomic E-state index is 14.3. The predicted octanol–water partition coefficient (Wildman–Crippen LogP) is 4.02. The number of benzene rings is 4. The summed E-state index contributed by atoms with van der Waals surface area (Å²) < 4.78 is 15.8. The van der Waals surface area contributed by atoms with Crippen LogP contribution in [0.15, 0.2) is 130 Å². The van der Waals surface area contributed by atoms with Gasteiger partial charge in [-0.15, -0.1) is 10.2 Å². The van der Waals surface area contributed by atoms with Gasteiger partial charge < -0.3 is 9.47 Å². The summed E-state index contributed by atoms with van der Waals surface area (Å²) in [6.07, 6.45) is 1.80. The van der Waals surface area contributed by atoms with Crippen LogP contribution in [0.3, 0.4) is 0 Å². The monoisotopic (exact) mass is 610 g/mol. The van der Waals surface area contributed by atoms with Crippen molar-refractivity contribution in [3.8, 4) is 17.2 Å². The summed E-state index contributed by atoms with van der Waals surface area (Å²) in [7, 11) is 3.22. The Hall–Kier alpha value is -6.16. The van der Waals surface area contributed by atoms with Crippen LogP contribution in [0.25, 0.3) is 17.5 Å². The van der Waals surface area contributed by atoms with Crippen LogP contribution in [0.2, 0.25) is 0 Å². The molecule has 4 aromatic carbocycles. The normalized spacial score (nSPS) is 14.8. The van der Waals surface area contributed by atoms with Gasteiger partial charge in [0.25, 0.3) is 11.2 Å². The Labute approximate surface area is 263 Å². The Bertz CT molecular complexity index is 2280. The first-order valence-corrected chi connectivity index (χ1v) is 14.7. The Kier molecular flexibility index (Phi) is 7.30. The van der Waals surface area contributed by atoms with E-state index in [1.807, 2.05) is 104 Å². The number of fused-ring (bicyclic) bond motifs is 3. The molecular weight excluding hydrogens is 580 g/mol. The third-order valence-corrected chi connectivity index (χ3v) is 8.06. The molecule has 1 atom stereocenters. The van der Waals surface area contributed by atoms with E-state index in [1.165, 1.54) is 0 Å². The van der Waals surface area contributed by atoms with Crippen molar-refractivity contribution in [1.29, 1.82) is 0 Å². The van der Waals surface area contributed by atoms with Gasteiger partial charge in [0.05, 0.1) is 19.9 Å². The van der Waals surface area contributed by atoms with Crippen molar-refractivity contribution in [1.82, 2.24) is 24.2 Å². The molecular formula is C36H30N6O4. The van der Waals surface area contributed by atoms with E-state index in [2.05, 4.69) is 5.43 Å². The number of hydrogen-bond acceptors (Lipinski definition) is 7. The second-order valence-electron chi connectivity index (χ2n) is 10.8. The van der Waals surface area contributed by atoms with Gasteiger partial charge in [0.2, 0.25) is 5.78 Å².